The number of rotatable bonds is 3. The van der Waals surface area contributed by atoms with Crippen LogP contribution in [0.25, 0.3) is 28.7 Å². The van der Waals surface area contributed by atoms with Gasteiger partial charge in [0.05, 0.1) is 16.6 Å². The van der Waals surface area contributed by atoms with E-state index in [1.165, 1.54) is 12.1 Å². The normalized spacial score (nSPS) is 11.4. The fourth-order valence-corrected chi connectivity index (χ4v) is 3.79. The molecule has 0 aliphatic carbocycles. The number of aromatic nitrogens is 2. The van der Waals surface area contributed by atoms with Gasteiger partial charge in [0.15, 0.2) is 0 Å². The average Bonchev–Trinajstić information content (AvgIpc) is 2.68. The highest BCUT2D eigenvalue weighted by Gasteiger charge is 2.13. The van der Waals surface area contributed by atoms with E-state index in [0.29, 0.717) is 22.3 Å². The van der Waals surface area contributed by atoms with E-state index in [-0.39, 0.29) is 11.4 Å². The summed E-state index contributed by atoms with van der Waals surface area (Å²) in [5.74, 6) is 0.191. The maximum Gasteiger partial charge on any atom is 0.266 e. The number of fused-ring (bicyclic) bond motifs is 1. The molecular formula is C23H16FIN2O. The van der Waals surface area contributed by atoms with Crippen molar-refractivity contribution in [1.29, 1.82) is 0 Å². The van der Waals surface area contributed by atoms with Crippen molar-refractivity contribution in [2.24, 2.45) is 0 Å². The fraction of sp³-hybridized carbons (Fsp3) is 0.0435. The van der Waals surface area contributed by atoms with Crippen LogP contribution in [0.3, 0.4) is 0 Å². The molecule has 4 rings (SSSR count). The molecule has 0 saturated carbocycles. The van der Waals surface area contributed by atoms with Gasteiger partial charge in [-0.3, -0.25) is 9.36 Å². The molecule has 138 valence electrons. The summed E-state index contributed by atoms with van der Waals surface area (Å²) < 4.78 is 16.2. The van der Waals surface area contributed by atoms with Crippen LogP contribution in [0.2, 0.25) is 0 Å². The molecule has 5 heteroatoms. The van der Waals surface area contributed by atoms with E-state index in [1.807, 2.05) is 43.3 Å². The summed E-state index contributed by atoms with van der Waals surface area (Å²) in [6, 6.07) is 19.5. The van der Waals surface area contributed by atoms with Crippen LogP contribution in [-0.4, -0.2) is 9.55 Å². The van der Waals surface area contributed by atoms with E-state index < -0.39 is 0 Å². The van der Waals surface area contributed by atoms with Gasteiger partial charge in [0.2, 0.25) is 0 Å². The van der Waals surface area contributed by atoms with E-state index in [9.17, 15) is 9.18 Å². The molecule has 0 bridgehead atoms. The quantitative estimate of drug-likeness (QED) is 0.356. The van der Waals surface area contributed by atoms with Crippen molar-refractivity contribution in [1.82, 2.24) is 9.55 Å². The minimum Gasteiger partial charge on any atom is -0.268 e. The summed E-state index contributed by atoms with van der Waals surface area (Å²) in [5, 5.41) is 0.559. The van der Waals surface area contributed by atoms with Crippen LogP contribution in [0.5, 0.6) is 0 Å². The molecule has 0 aliphatic rings. The number of benzene rings is 3. The molecule has 3 nitrogen and oxygen atoms in total. The number of para-hydroxylation sites is 1. The lowest BCUT2D eigenvalue weighted by Gasteiger charge is -2.14. The van der Waals surface area contributed by atoms with Gasteiger partial charge in [-0.1, -0.05) is 30.3 Å². The average molecular weight is 482 g/mol. The van der Waals surface area contributed by atoms with Gasteiger partial charge in [-0.2, -0.15) is 0 Å². The van der Waals surface area contributed by atoms with Gasteiger partial charge >= 0.3 is 0 Å². The van der Waals surface area contributed by atoms with Crippen molar-refractivity contribution in [3.63, 3.8) is 0 Å². The van der Waals surface area contributed by atoms with Crippen LogP contribution in [0.4, 0.5) is 4.39 Å². The SMILES string of the molecule is Cc1cc(I)ccc1-n1c(/C=C/c2cccc(F)c2)nc2ccccc2c1=O. The second-order valence-corrected chi connectivity index (χ2v) is 7.69. The third kappa shape index (κ3) is 3.62. The Kier molecular flexibility index (Phi) is 5.09. The number of hydrogen-bond acceptors (Lipinski definition) is 2. The van der Waals surface area contributed by atoms with Crippen molar-refractivity contribution in [2.45, 2.75) is 6.92 Å². The van der Waals surface area contributed by atoms with Crippen LogP contribution in [0, 0.1) is 16.3 Å². The molecule has 0 atom stereocenters. The Hall–Kier alpha value is -2.80. The first kappa shape index (κ1) is 18.6. The first-order valence-corrected chi connectivity index (χ1v) is 9.83. The largest absolute Gasteiger partial charge is 0.268 e. The molecule has 0 radical (unpaired) electrons. The summed E-state index contributed by atoms with van der Waals surface area (Å²) in [5.41, 5.74) is 2.96. The van der Waals surface area contributed by atoms with E-state index >= 15 is 0 Å². The topological polar surface area (TPSA) is 34.9 Å². The highest BCUT2D eigenvalue weighted by Crippen LogP contribution is 2.20. The molecule has 0 fully saturated rings. The zero-order valence-corrected chi connectivity index (χ0v) is 17.2. The molecule has 0 N–H and O–H groups in total. The van der Waals surface area contributed by atoms with Crippen LogP contribution >= 0.6 is 22.6 Å². The Balaban J connectivity index is 1.97. The second kappa shape index (κ2) is 7.67. The zero-order valence-electron chi connectivity index (χ0n) is 15.1. The molecule has 0 aliphatic heterocycles. The van der Waals surface area contributed by atoms with E-state index in [1.54, 1.807) is 34.9 Å². The van der Waals surface area contributed by atoms with E-state index in [4.69, 9.17) is 4.98 Å². The van der Waals surface area contributed by atoms with Crippen LogP contribution in [0.1, 0.15) is 17.0 Å². The second-order valence-electron chi connectivity index (χ2n) is 6.45. The molecule has 3 aromatic carbocycles. The van der Waals surface area contributed by atoms with Crippen molar-refractivity contribution in [3.8, 4) is 5.69 Å². The van der Waals surface area contributed by atoms with Crippen molar-refractivity contribution >= 4 is 45.6 Å². The smallest absolute Gasteiger partial charge is 0.266 e. The number of aryl methyl sites for hydroxylation is 1. The lowest BCUT2D eigenvalue weighted by molar-refractivity contribution is 0.627. The minimum absolute atomic E-state index is 0.131. The molecule has 0 saturated heterocycles. The summed E-state index contributed by atoms with van der Waals surface area (Å²) >= 11 is 2.25. The summed E-state index contributed by atoms with van der Waals surface area (Å²) in [6.07, 6.45) is 3.51. The first-order chi connectivity index (χ1) is 13.5. The number of nitrogens with zero attached hydrogens (tertiary/aromatic N) is 2. The lowest BCUT2D eigenvalue weighted by Crippen LogP contribution is -2.23. The zero-order chi connectivity index (χ0) is 19.7. The van der Waals surface area contributed by atoms with E-state index in [0.717, 1.165) is 14.8 Å². The van der Waals surface area contributed by atoms with Crippen molar-refractivity contribution in [3.05, 3.63) is 103 Å². The molecule has 0 unspecified atom stereocenters. The highest BCUT2D eigenvalue weighted by atomic mass is 127. The summed E-state index contributed by atoms with van der Waals surface area (Å²) in [4.78, 5) is 18.0. The molecule has 0 spiro atoms. The predicted octanol–water partition coefficient (Wildman–Crippen LogP) is 5.61. The third-order valence-electron chi connectivity index (χ3n) is 4.47. The van der Waals surface area contributed by atoms with Crippen LogP contribution < -0.4 is 5.56 Å². The maximum atomic E-state index is 13.5. The monoisotopic (exact) mass is 482 g/mol. The molecular weight excluding hydrogens is 466 g/mol. The minimum atomic E-state index is -0.306. The van der Waals surface area contributed by atoms with Gasteiger partial charge in [0.1, 0.15) is 11.6 Å². The molecule has 0 amide bonds. The van der Waals surface area contributed by atoms with Gasteiger partial charge in [-0.25, -0.2) is 9.37 Å². The Morgan fingerprint density at radius 3 is 2.61 bits per heavy atom. The summed E-state index contributed by atoms with van der Waals surface area (Å²) in [6.45, 7) is 1.97. The van der Waals surface area contributed by atoms with Crippen molar-refractivity contribution in [2.75, 3.05) is 0 Å². The Bertz CT molecular complexity index is 1280. The third-order valence-corrected chi connectivity index (χ3v) is 5.15. The van der Waals surface area contributed by atoms with Crippen LogP contribution in [0.15, 0.2) is 71.5 Å². The first-order valence-electron chi connectivity index (χ1n) is 8.75. The Morgan fingerprint density at radius 1 is 1.00 bits per heavy atom. The summed E-state index contributed by atoms with van der Waals surface area (Å²) in [7, 11) is 0. The van der Waals surface area contributed by atoms with Gasteiger partial charge in [-0.05, 0) is 89.2 Å². The maximum absolute atomic E-state index is 13.5. The Morgan fingerprint density at radius 2 is 1.82 bits per heavy atom. The van der Waals surface area contributed by atoms with Gasteiger partial charge in [0.25, 0.3) is 5.56 Å². The lowest BCUT2D eigenvalue weighted by atomic mass is 10.1. The van der Waals surface area contributed by atoms with Gasteiger partial charge < -0.3 is 0 Å². The molecule has 1 aromatic heterocycles. The number of hydrogen-bond donors (Lipinski definition) is 0. The van der Waals surface area contributed by atoms with Gasteiger partial charge in [0, 0.05) is 3.57 Å². The predicted molar refractivity (Wildman–Crippen MR) is 120 cm³/mol. The van der Waals surface area contributed by atoms with Crippen LogP contribution in [-0.2, 0) is 0 Å². The van der Waals surface area contributed by atoms with E-state index in [2.05, 4.69) is 22.6 Å². The number of halogens is 2. The fourth-order valence-electron chi connectivity index (χ4n) is 3.15. The molecule has 28 heavy (non-hydrogen) atoms. The van der Waals surface area contributed by atoms with Crippen molar-refractivity contribution < 1.29 is 4.39 Å². The standard InChI is InChI=1S/C23H16FIN2O/c1-15-13-18(25)10-11-21(15)27-22(12-9-16-5-4-6-17(24)14-16)26-20-8-3-2-7-19(20)23(27)28/h2-14H,1H3/b12-9+. The molecule has 4 aromatic rings. The Labute approximate surface area is 175 Å². The van der Waals surface area contributed by atoms with Gasteiger partial charge in [-0.15, -0.1) is 0 Å². The molecule has 1 heterocycles. The highest BCUT2D eigenvalue weighted by molar-refractivity contribution is 14.1.